The van der Waals surface area contributed by atoms with Gasteiger partial charge in [0.15, 0.2) is 0 Å². The number of amides is 2. The van der Waals surface area contributed by atoms with E-state index in [4.69, 9.17) is 11.6 Å². The van der Waals surface area contributed by atoms with Crippen molar-refractivity contribution in [2.45, 2.75) is 19.8 Å². The fraction of sp³-hybridized carbons (Fsp3) is 0.261. The molecule has 1 unspecified atom stereocenters. The number of nitrogens with one attached hydrogen (secondary N) is 1. The predicted molar refractivity (Wildman–Crippen MR) is 117 cm³/mol. The molecule has 0 spiro atoms. The van der Waals surface area contributed by atoms with Crippen LogP contribution < -0.4 is 5.32 Å². The molecule has 2 aromatic carbocycles. The van der Waals surface area contributed by atoms with Crippen LogP contribution in [0.15, 0.2) is 60.8 Å². The molecule has 1 aliphatic heterocycles. The molecule has 1 N–H and O–H groups in total. The molecule has 3 aromatic rings. The summed E-state index contributed by atoms with van der Waals surface area (Å²) in [5.41, 5.74) is 2.92. The van der Waals surface area contributed by atoms with E-state index < -0.39 is 0 Å². The molecule has 154 valence electrons. The molecule has 2 amide bonds. The van der Waals surface area contributed by atoms with Gasteiger partial charge in [0, 0.05) is 23.8 Å². The second kappa shape index (κ2) is 8.71. The summed E-state index contributed by atoms with van der Waals surface area (Å²) < 4.78 is 1.73. The maximum absolute atomic E-state index is 13.2. The van der Waals surface area contributed by atoms with Crippen molar-refractivity contribution in [2.75, 3.05) is 18.4 Å². The van der Waals surface area contributed by atoms with Crippen LogP contribution in [0.25, 0.3) is 5.69 Å². The van der Waals surface area contributed by atoms with E-state index in [9.17, 15) is 9.59 Å². The zero-order valence-electron chi connectivity index (χ0n) is 16.7. The Labute approximate surface area is 180 Å². The Morgan fingerprint density at radius 2 is 1.83 bits per heavy atom. The lowest BCUT2D eigenvalue weighted by Crippen LogP contribution is -2.43. The van der Waals surface area contributed by atoms with E-state index in [2.05, 4.69) is 10.4 Å². The van der Waals surface area contributed by atoms with Crippen molar-refractivity contribution in [3.05, 3.63) is 77.1 Å². The molecule has 30 heavy (non-hydrogen) atoms. The number of carbonyl (C=O) groups is 2. The molecule has 6 nitrogen and oxygen atoms in total. The molecule has 1 aromatic heterocycles. The van der Waals surface area contributed by atoms with Crippen LogP contribution >= 0.6 is 11.6 Å². The zero-order chi connectivity index (χ0) is 21.1. The molecular weight excluding hydrogens is 400 g/mol. The van der Waals surface area contributed by atoms with Crippen molar-refractivity contribution in [1.29, 1.82) is 0 Å². The standard InChI is InChI=1S/C23H23ClN4O2/c1-16-21(14-25-28(16)20-11-9-18(24)10-12-20)23(30)27-13-5-6-17(15-27)22(29)26-19-7-3-2-4-8-19/h2-4,7-12,14,17H,5-6,13,15H2,1H3,(H,26,29). The van der Waals surface area contributed by atoms with Crippen LogP contribution in [0, 0.1) is 12.8 Å². The number of para-hydroxylation sites is 1. The normalized spacial score (nSPS) is 16.3. The van der Waals surface area contributed by atoms with Crippen LogP contribution in [0.5, 0.6) is 0 Å². The van der Waals surface area contributed by atoms with Crippen molar-refractivity contribution in [3.8, 4) is 5.69 Å². The number of benzene rings is 2. The molecule has 1 saturated heterocycles. The minimum atomic E-state index is -0.227. The van der Waals surface area contributed by atoms with Gasteiger partial charge in [-0.2, -0.15) is 5.10 Å². The van der Waals surface area contributed by atoms with Crippen molar-refractivity contribution in [1.82, 2.24) is 14.7 Å². The van der Waals surface area contributed by atoms with Gasteiger partial charge < -0.3 is 10.2 Å². The summed E-state index contributed by atoms with van der Waals surface area (Å²) in [7, 11) is 0. The van der Waals surface area contributed by atoms with Gasteiger partial charge in [-0.05, 0) is 56.2 Å². The summed E-state index contributed by atoms with van der Waals surface area (Å²) in [6.45, 7) is 2.92. The number of aromatic nitrogens is 2. The van der Waals surface area contributed by atoms with Crippen LogP contribution in [0.4, 0.5) is 5.69 Å². The van der Waals surface area contributed by atoms with Crippen LogP contribution in [0.2, 0.25) is 5.02 Å². The predicted octanol–water partition coefficient (Wildman–Crippen LogP) is 4.33. The second-order valence-electron chi connectivity index (χ2n) is 7.48. The van der Waals surface area contributed by atoms with Gasteiger partial charge >= 0.3 is 0 Å². The van der Waals surface area contributed by atoms with Gasteiger partial charge in [-0.3, -0.25) is 9.59 Å². The average molecular weight is 423 g/mol. The van der Waals surface area contributed by atoms with Crippen LogP contribution in [0.3, 0.4) is 0 Å². The number of rotatable bonds is 4. The second-order valence-corrected chi connectivity index (χ2v) is 7.91. The third-order valence-electron chi connectivity index (χ3n) is 5.43. The molecule has 1 atom stereocenters. The molecule has 0 aliphatic carbocycles. The van der Waals surface area contributed by atoms with E-state index in [-0.39, 0.29) is 17.7 Å². The zero-order valence-corrected chi connectivity index (χ0v) is 17.5. The summed E-state index contributed by atoms with van der Waals surface area (Å²) in [4.78, 5) is 27.6. The molecule has 7 heteroatoms. The van der Waals surface area contributed by atoms with Gasteiger partial charge in [0.05, 0.1) is 29.1 Å². The quantitative estimate of drug-likeness (QED) is 0.680. The molecule has 0 bridgehead atoms. The van der Waals surface area contributed by atoms with E-state index in [1.165, 1.54) is 0 Å². The van der Waals surface area contributed by atoms with Crippen LogP contribution in [0.1, 0.15) is 28.9 Å². The number of halogens is 1. The maximum Gasteiger partial charge on any atom is 0.257 e. The first kappa shape index (κ1) is 20.2. The lowest BCUT2D eigenvalue weighted by Gasteiger charge is -2.32. The number of hydrogen-bond donors (Lipinski definition) is 1. The van der Waals surface area contributed by atoms with Gasteiger partial charge in [-0.1, -0.05) is 29.8 Å². The van der Waals surface area contributed by atoms with Gasteiger partial charge in [0.1, 0.15) is 0 Å². The average Bonchev–Trinajstić information content (AvgIpc) is 3.16. The summed E-state index contributed by atoms with van der Waals surface area (Å²) in [6, 6.07) is 16.7. The number of anilines is 1. The first-order valence-corrected chi connectivity index (χ1v) is 10.4. The van der Waals surface area contributed by atoms with Crippen LogP contribution in [-0.2, 0) is 4.79 Å². The summed E-state index contributed by atoms with van der Waals surface area (Å²) in [5.74, 6) is -0.369. The highest BCUT2D eigenvalue weighted by molar-refractivity contribution is 6.30. The van der Waals surface area contributed by atoms with E-state index >= 15 is 0 Å². The Hall–Kier alpha value is -3.12. The fourth-order valence-corrected chi connectivity index (χ4v) is 3.90. The highest BCUT2D eigenvalue weighted by Gasteiger charge is 2.30. The molecular formula is C23H23ClN4O2. The SMILES string of the molecule is Cc1c(C(=O)N2CCCC(C(=O)Nc3ccccc3)C2)cnn1-c1ccc(Cl)cc1. The summed E-state index contributed by atoms with van der Waals surface area (Å²) >= 11 is 5.96. The van der Waals surface area contributed by atoms with E-state index in [0.717, 1.165) is 29.9 Å². The minimum Gasteiger partial charge on any atom is -0.338 e. The van der Waals surface area contributed by atoms with Crippen LogP contribution in [-0.4, -0.2) is 39.6 Å². The lowest BCUT2D eigenvalue weighted by molar-refractivity contribution is -0.121. The number of likely N-dealkylation sites (tertiary alicyclic amines) is 1. The Bertz CT molecular complexity index is 1050. The van der Waals surface area contributed by atoms with E-state index in [1.54, 1.807) is 27.9 Å². The fourth-order valence-electron chi connectivity index (χ4n) is 3.77. The topological polar surface area (TPSA) is 67.2 Å². The van der Waals surface area contributed by atoms with Crippen molar-refractivity contribution in [3.63, 3.8) is 0 Å². The number of nitrogens with zero attached hydrogens (tertiary/aromatic N) is 3. The number of hydrogen-bond acceptors (Lipinski definition) is 3. The van der Waals surface area contributed by atoms with Crippen molar-refractivity contribution < 1.29 is 9.59 Å². The summed E-state index contributed by atoms with van der Waals surface area (Å²) in [5, 5.41) is 7.98. The third kappa shape index (κ3) is 4.24. The molecule has 1 aliphatic rings. The third-order valence-corrected chi connectivity index (χ3v) is 5.68. The Morgan fingerprint density at radius 3 is 2.57 bits per heavy atom. The smallest absolute Gasteiger partial charge is 0.257 e. The number of carbonyl (C=O) groups excluding carboxylic acids is 2. The first-order chi connectivity index (χ1) is 14.5. The van der Waals surface area contributed by atoms with Crippen molar-refractivity contribution >= 4 is 29.1 Å². The molecule has 0 radical (unpaired) electrons. The monoisotopic (exact) mass is 422 g/mol. The maximum atomic E-state index is 13.2. The highest BCUT2D eigenvalue weighted by atomic mass is 35.5. The largest absolute Gasteiger partial charge is 0.338 e. The van der Waals surface area contributed by atoms with Gasteiger partial charge in [-0.25, -0.2) is 4.68 Å². The molecule has 4 rings (SSSR count). The Morgan fingerprint density at radius 1 is 1.10 bits per heavy atom. The highest BCUT2D eigenvalue weighted by Crippen LogP contribution is 2.23. The lowest BCUT2D eigenvalue weighted by atomic mass is 9.96. The van der Waals surface area contributed by atoms with Gasteiger partial charge in [0.2, 0.25) is 5.91 Å². The molecule has 1 fully saturated rings. The van der Waals surface area contributed by atoms with E-state index in [0.29, 0.717) is 23.7 Å². The molecule has 2 heterocycles. The van der Waals surface area contributed by atoms with E-state index in [1.807, 2.05) is 49.4 Å². The van der Waals surface area contributed by atoms with Crippen molar-refractivity contribution in [2.24, 2.45) is 5.92 Å². The Balaban J connectivity index is 1.47. The van der Waals surface area contributed by atoms with Gasteiger partial charge in [-0.15, -0.1) is 0 Å². The minimum absolute atomic E-state index is 0.0488. The summed E-state index contributed by atoms with van der Waals surface area (Å²) in [6.07, 6.45) is 3.16. The first-order valence-electron chi connectivity index (χ1n) is 9.98. The van der Waals surface area contributed by atoms with Gasteiger partial charge in [0.25, 0.3) is 5.91 Å². The number of piperidine rings is 1. The molecule has 0 saturated carbocycles. The Kier molecular flexibility index (Phi) is 5.86.